The molecule has 104 valence electrons. The van der Waals surface area contributed by atoms with E-state index in [9.17, 15) is 9.90 Å². The van der Waals surface area contributed by atoms with Crippen molar-refractivity contribution in [1.29, 1.82) is 0 Å². The van der Waals surface area contributed by atoms with Gasteiger partial charge in [-0.15, -0.1) is 0 Å². The van der Waals surface area contributed by atoms with E-state index in [1.54, 1.807) is 0 Å². The first-order chi connectivity index (χ1) is 8.72. The highest BCUT2D eigenvalue weighted by Gasteiger charge is 2.32. The third kappa shape index (κ3) is 3.22. The molecule has 0 aromatic rings. The zero-order valence-corrected chi connectivity index (χ0v) is 11.3. The summed E-state index contributed by atoms with van der Waals surface area (Å²) < 4.78 is 0. The third-order valence-electron chi connectivity index (χ3n) is 4.11. The Morgan fingerprint density at radius 2 is 2.11 bits per heavy atom. The summed E-state index contributed by atoms with van der Waals surface area (Å²) in [4.78, 5) is 16.7. The minimum absolute atomic E-state index is 0.0174. The fourth-order valence-electron chi connectivity index (χ4n) is 2.98. The molecule has 0 saturated carbocycles. The highest BCUT2D eigenvalue weighted by atomic mass is 16.3. The molecule has 18 heavy (non-hydrogen) atoms. The zero-order valence-electron chi connectivity index (χ0n) is 11.3. The Labute approximate surface area is 109 Å². The SMILES string of the molecule is CN1CCC(N(CCO)C(=O)[C@H]2CCCN2)CC1. The van der Waals surface area contributed by atoms with Crippen LogP contribution in [0, 0.1) is 0 Å². The summed E-state index contributed by atoms with van der Waals surface area (Å²) in [7, 11) is 2.12. The average Bonchev–Trinajstić information content (AvgIpc) is 2.90. The van der Waals surface area contributed by atoms with Gasteiger partial charge in [0, 0.05) is 12.6 Å². The molecule has 2 aliphatic rings. The molecule has 0 bridgehead atoms. The molecule has 0 aromatic heterocycles. The van der Waals surface area contributed by atoms with Crippen molar-refractivity contribution < 1.29 is 9.90 Å². The molecule has 5 nitrogen and oxygen atoms in total. The molecule has 0 aromatic carbocycles. The Morgan fingerprint density at radius 3 is 2.67 bits per heavy atom. The van der Waals surface area contributed by atoms with Crippen LogP contribution in [0.5, 0.6) is 0 Å². The zero-order chi connectivity index (χ0) is 13.0. The lowest BCUT2D eigenvalue weighted by atomic mass is 10.0. The maximum Gasteiger partial charge on any atom is 0.240 e. The number of aliphatic hydroxyl groups excluding tert-OH is 1. The van der Waals surface area contributed by atoms with Crippen molar-refractivity contribution in [2.45, 2.75) is 37.8 Å². The second-order valence-electron chi connectivity index (χ2n) is 5.44. The summed E-state index contributed by atoms with van der Waals surface area (Å²) in [5.41, 5.74) is 0. The Morgan fingerprint density at radius 1 is 1.39 bits per heavy atom. The Balaban J connectivity index is 1.95. The topological polar surface area (TPSA) is 55.8 Å². The van der Waals surface area contributed by atoms with Crippen LogP contribution in [-0.2, 0) is 4.79 Å². The fourth-order valence-corrected chi connectivity index (χ4v) is 2.98. The summed E-state index contributed by atoms with van der Waals surface area (Å²) in [6.07, 6.45) is 4.06. The van der Waals surface area contributed by atoms with Crippen LogP contribution in [0.2, 0.25) is 0 Å². The van der Waals surface area contributed by atoms with Crippen molar-refractivity contribution in [1.82, 2.24) is 15.1 Å². The highest BCUT2D eigenvalue weighted by Crippen LogP contribution is 2.18. The molecule has 2 fully saturated rings. The van der Waals surface area contributed by atoms with Crippen molar-refractivity contribution in [3.63, 3.8) is 0 Å². The lowest BCUT2D eigenvalue weighted by Gasteiger charge is -2.38. The van der Waals surface area contributed by atoms with Gasteiger partial charge in [-0.1, -0.05) is 0 Å². The van der Waals surface area contributed by atoms with Crippen LogP contribution in [0.1, 0.15) is 25.7 Å². The Hall–Kier alpha value is -0.650. The minimum atomic E-state index is -0.0174. The summed E-state index contributed by atoms with van der Waals surface area (Å²) in [6, 6.07) is 0.291. The van der Waals surface area contributed by atoms with Gasteiger partial charge in [-0.3, -0.25) is 4.79 Å². The van der Waals surface area contributed by atoms with E-state index >= 15 is 0 Å². The standard InChI is InChI=1S/C13H25N3O2/c1-15-7-4-11(5-8-15)16(9-10-17)13(18)12-3-2-6-14-12/h11-12,14,17H,2-10H2,1H3/t12-/m1/s1. The van der Waals surface area contributed by atoms with Gasteiger partial charge in [0.2, 0.25) is 5.91 Å². The van der Waals surface area contributed by atoms with Gasteiger partial charge in [-0.25, -0.2) is 0 Å². The molecule has 0 unspecified atom stereocenters. The molecular formula is C13H25N3O2. The van der Waals surface area contributed by atoms with Gasteiger partial charge in [0.1, 0.15) is 0 Å². The second-order valence-corrected chi connectivity index (χ2v) is 5.44. The van der Waals surface area contributed by atoms with Crippen molar-refractivity contribution in [3.8, 4) is 0 Å². The number of aliphatic hydroxyl groups is 1. The number of carbonyl (C=O) groups excluding carboxylic acids is 1. The van der Waals surface area contributed by atoms with E-state index in [1.807, 2.05) is 4.90 Å². The van der Waals surface area contributed by atoms with E-state index in [2.05, 4.69) is 17.3 Å². The summed E-state index contributed by atoms with van der Waals surface area (Å²) in [5.74, 6) is 0.191. The van der Waals surface area contributed by atoms with Crippen LogP contribution in [0.15, 0.2) is 0 Å². The second kappa shape index (κ2) is 6.50. The summed E-state index contributed by atoms with van der Waals surface area (Å²) in [6.45, 7) is 3.56. The molecule has 2 rings (SSSR count). The molecule has 2 heterocycles. The smallest absolute Gasteiger partial charge is 0.240 e. The Bertz CT molecular complexity index is 271. The molecule has 5 heteroatoms. The molecule has 0 aliphatic carbocycles. The number of carbonyl (C=O) groups is 1. The quantitative estimate of drug-likeness (QED) is 0.721. The number of nitrogens with zero attached hydrogens (tertiary/aromatic N) is 2. The number of nitrogens with one attached hydrogen (secondary N) is 1. The number of likely N-dealkylation sites (tertiary alicyclic amines) is 1. The summed E-state index contributed by atoms with van der Waals surface area (Å²) >= 11 is 0. The van der Waals surface area contributed by atoms with E-state index in [4.69, 9.17) is 0 Å². The molecular weight excluding hydrogens is 230 g/mol. The van der Waals surface area contributed by atoms with Crippen LogP contribution in [0.3, 0.4) is 0 Å². The van der Waals surface area contributed by atoms with Gasteiger partial charge in [-0.2, -0.15) is 0 Å². The van der Waals surface area contributed by atoms with Gasteiger partial charge >= 0.3 is 0 Å². The lowest BCUT2D eigenvalue weighted by molar-refractivity contribution is -0.137. The molecule has 2 saturated heterocycles. The van der Waals surface area contributed by atoms with E-state index in [1.165, 1.54) is 0 Å². The number of hydrogen-bond donors (Lipinski definition) is 2. The van der Waals surface area contributed by atoms with Crippen molar-refractivity contribution in [2.24, 2.45) is 0 Å². The van der Waals surface area contributed by atoms with E-state index in [0.29, 0.717) is 12.6 Å². The van der Waals surface area contributed by atoms with E-state index in [0.717, 1.165) is 45.3 Å². The molecule has 0 radical (unpaired) electrons. The highest BCUT2D eigenvalue weighted by molar-refractivity contribution is 5.82. The first-order valence-electron chi connectivity index (χ1n) is 7.05. The van der Waals surface area contributed by atoms with E-state index in [-0.39, 0.29) is 18.6 Å². The molecule has 2 N–H and O–H groups in total. The van der Waals surface area contributed by atoms with Crippen LogP contribution in [0.25, 0.3) is 0 Å². The van der Waals surface area contributed by atoms with E-state index < -0.39 is 0 Å². The molecule has 2 aliphatic heterocycles. The summed E-state index contributed by atoms with van der Waals surface area (Å²) in [5, 5.41) is 12.4. The lowest BCUT2D eigenvalue weighted by Crippen LogP contribution is -2.52. The van der Waals surface area contributed by atoms with Gasteiger partial charge in [0.05, 0.1) is 12.6 Å². The number of hydrogen-bond acceptors (Lipinski definition) is 4. The number of rotatable bonds is 4. The van der Waals surface area contributed by atoms with Gasteiger partial charge in [0.25, 0.3) is 0 Å². The van der Waals surface area contributed by atoms with Crippen LogP contribution >= 0.6 is 0 Å². The van der Waals surface area contributed by atoms with Crippen LogP contribution in [-0.4, -0.2) is 72.7 Å². The Kier molecular flexibility index (Phi) is 4.97. The monoisotopic (exact) mass is 255 g/mol. The predicted molar refractivity (Wildman–Crippen MR) is 70.3 cm³/mol. The maximum atomic E-state index is 12.5. The van der Waals surface area contributed by atoms with Crippen molar-refractivity contribution in [2.75, 3.05) is 39.8 Å². The maximum absolute atomic E-state index is 12.5. The van der Waals surface area contributed by atoms with Crippen molar-refractivity contribution >= 4 is 5.91 Å². The average molecular weight is 255 g/mol. The molecule has 1 amide bonds. The third-order valence-corrected chi connectivity index (χ3v) is 4.11. The predicted octanol–water partition coefficient (Wildman–Crippen LogP) is -0.346. The normalized spacial score (nSPS) is 26.4. The van der Waals surface area contributed by atoms with Gasteiger partial charge in [-0.05, 0) is 52.4 Å². The molecule has 1 atom stereocenters. The molecule has 0 spiro atoms. The van der Waals surface area contributed by atoms with Gasteiger partial charge in [0.15, 0.2) is 0 Å². The first-order valence-corrected chi connectivity index (χ1v) is 7.05. The first kappa shape index (κ1) is 13.8. The van der Waals surface area contributed by atoms with Crippen molar-refractivity contribution in [3.05, 3.63) is 0 Å². The fraction of sp³-hybridized carbons (Fsp3) is 0.923. The van der Waals surface area contributed by atoms with Crippen LogP contribution in [0.4, 0.5) is 0 Å². The van der Waals surface area contributed by atoms with Gasteiger partial charge < -0.3 is 20.2 Å². The number of amides is 1. The number of piperidine rings is 1. The van der Waals surface area contributed by atoms with Crippen LogP contribution < -0.4 is 5.32 Å². The minimum Gasteiger partial charge on any atom is -0.395 e. The largest absolute Gasteiger partial charge is 0.395 e.